The van der Waals surface area contributed by atoms with Gasteiger partial charge < -0.3 is 24.6 Å². The molecule has 0 aliphatic heterocycles. The molecule has 3 aromatic rings. The van der Waals surface area contributed by atoms with E-state index in [-0.39, 0.29) is 18.7 Å². The number of rotatable bonds is 10. The van der Waals surface area contributed by atoms with E-state index in [0.717, 1.165) is 0 Å². The van der Waals surface area contributed by atoms with E-state index in [0.29, 0.717) is 28.5 Å². The number of aryl methyl sites for hydroxylation is 1. The molecule has 0 saturated carbocycles. The van der Waals surface area contributed by atoms with Gasteiger partial charge in [0.2, 0.25) is 17.7 Å². The quantitative estimate of drug-likeness (QED) is 0.404. The number of methoxy groups -OCH3 is 2. The fourth-order valence-electron chi connectivity index (χ4n) is 3.96. The maximum absolute atomic E-state index is 13.8. The van der Waals surface area contributed by atoms with Crippen LogP contribution in [0.1, 0.15) is 51.0 Å². The van der Waals surface area contributed by atoms with Crippen molar-refractivity contribution >= 4 is 29.2 Å². The Bertz CT molecular complexity index is 1270. The Morgan fingerprint density at radius 1 is 1.00 bits per heavy atom. The Balaban J connectivity index is 2.02. The molecule has 1 atom stereocenters. The lowest BCUT2D eigenvalue weighted by Crippen LogP contribution is -2.49. The summed E-state index contributed by atoms with van der Waals surface area (Å²) in [6, 6.07) is 14.5. The number of nitrogens with one attached hydrogen (secondary N) is 2. The highest BCUT2D eigenvalue weighted by atomic mass is 16.5. The third-order valence-electron chi connectivity index (χ3n) is 5.50. The molecular formula is C28H34N4O6. The molecule has 10 nitrogen and oxygen atoms in total. The molecule has 0 unspecified atom stereocenters. The normalized spacial score (nSPS) is 11.8. The first-order valence-electron chi connectivity index (χ1n) is 12.2. The van der Waals surface area contributed by atoms with Crippen LogP contribution in [0.5, 0.6) is 11.5 Å². The summed E-state index contributed by atoms with van der Waals surface area (Å²) in [4.78, 5) is 41.6. The molecule has 2 N–H and O–H groups in total. The fourth-order valence-corrected chi connectivity index (χ4v) is 3.96. The second kappa shape index (κ2) is 12.3. The molecule has 0 bridgehead atoms. The summed E-state index contributed by atoms with van der Waals surface area (Å²) < 4.78 is 16.1. The molecule has 2 aromatic carbocycles. The van der Waals surface area contributed by atoms with Crippen LogP contribution >= 0.6 is 0 Å². The Hall–Kier alpha value is -4.34. The Morgan fingerprint density at radius 2 is 1.71 bits per heavy atom. The van der Waals surface area contributed by atoms with Crippen LogP contribution in [-0.4, -0.2) is 42.6 Å². The highest BCUT2D eigenvalue weighted by molar-refractivity contribution is 6.03. The number of hydrogen-bond acceptors (Lipinski definition) is 7. The predicted octanol–water partition coefficient (Wildman–Crippen LogP) is 4.41. The number of nitrogens with zero attached hydrogens (tertiary/aromatic N) is 2. The summed E-state index contributed by atoms with van der Waals surface area (Å²) in [6.07, 6.45) is -0.292. The van der Waals surface area contributed by atoms with Crippen LogP contribution in [0.15, 0.2) is 59.1 Å². The molecular weight excluding hydrogens is 488 g/mol. The van der Waals surface area contributed by atoms with Gasteiger partial charge in [0.05, 0.1) is 14.2 Å². The van der Waals surface area contributed by atoms with Gasteiger partial charge >= 0.3 is 0 Å². The fraction of sp³-hybridized carbons (Fsp3) is 0.357. The van der Waals surface area contributed by atoms with Gasteiger partial charge in [-0.15, -0.1) is 0 Å². The third-order valence-corrected chi connectivity index (χ3v) is 5.50. The van der Waals surface area contributed by atoms with E-state index < -0.39 is 29.3 Å². The van der Waals surface area contributed by atoms with Crippen LogP contribution in [-0.2, 0) is 14.4 Å². The molecule has 0 aliphatic rings. The molecule has 0 saturated heterocycles. The highest BCUT2D eigenvalue weighted by Gasteiger charge is 2.37. The van der Waals surface area contributed by atoms with Crippen molar-refractivity contribution in [2.45, 2.75) is 52.1 Å². The smallest absolute Gasteiger partial charge is 0.248 e. The zero-order valence-corrected chi connectivity index (χ0v) is 22.5. The monoisotopic (exact) mass is 522 g/mol. The van der Waals surface area contributed by atoms with Crippen LogP contribution < -0.4 is 25.0 Å². The molecule has 1 heterocycles. The van der Waals surface area contributed by atoms with E-state index in [1.807, 2.05) is 26.8 Å². The van der Waals surface area contributed by atoms with Crippen LogP contribution in [0, 0.1) is 6.92 Å². The molecule has 0 radical (unpaired) electrons. The first-order chi connectivity index (χ1) is 18.0. The highest BCUT2D eigenvalue weighted by Crippen LogP contribution is 2.39. The van der Waals surface area contributed by atoms with Crippen molar-refractivity contribution < 1.29 is 28.4 Å². The van der Waals surface area contributed by atoms with Crippen LogP contribution in [0.4, 0.5) is 11.5 Å². The molecule has 0 spiro atoms. The van der Waals surface area contributed by atoms with E-state index >= 15 is 0 Å². The van der Waals surface area contributed by atoms with Crippen molar-refractivity contribution in [1.82, 2.24) is 10.5 Å². The predicted molar refractivity (Wildman–Crippen MR) is 143 cm³/mol. The van der Waals surface area contributed by atoms with Gasteiger partial charge in [0, 0.05) is 35.7 Å². The number of carbonyl (C=O) groups is 3. The number of carbonyl (C=O) groups excluding carboxylic acids is 3. The summed E-state index contributed by atoms with van der Waals surface area (Å²) in [5.74, 6) is 0.313. The van der Waals surface area contributed by atoms with Gasteiger partial charge in [-0.3, -0.25) is 19.3 Å². The lowest BCUT2D eigenvalue weighted by atomic mass is 9.98. The largest absolute Gasteiger partial charge is 0.493 e. The zero-order chi connectivity index (χ0) is 27.9. The number of ether oxygens (including phenoxy) is 2. The van der Waals surface area contributed by atoms with Gasteiger partial charge in [-0.1, -0.05) is 35.5 Å². The topological polar surface area (TPSA) is 123 Å². The van der Waals surface area contributed by atoms with Crippen molar-refractivity contribution in [3.8, 4) is 11.5 Å². The number of amides is 3. The van der Waals surface area contributed by atoms with E-state index in [4.69, 9.17) is 14.0 Å². The minimum Gasteiger partial charge on any atom is -0.493 e. The Morgan fingerprint density at radius 3 is 2.29 bits per heavy atom. The van der Waals surface area contributed by atoms with Gasteiger partial charge in [0.25, 0.3) is 0 Å². The minimum atomic E-state index is -1.12. The van der Waals surface area contributed by atoms with Crippen molar-refractivity contribution in [2.24, 2.45) is 0 Å². The molecule has 1 aromatic heterocycles. The third kappa shape index (κ3) is 7.12. The SMILES string of the molecule is COc1cccc([C@H](C(=O)NC(C)(C)C)N(C(=O)CCC(=O)Nc2cc(C)on2)c2ccccc2)c1OC. The van der Waals surface area contributed by atoms with Gasteiger partial charge in [-0.2, -0.15) is 0 Å². The van der Waals surface area contributed by atoms with Gasteiger partial charge in [0.15, 0.2) is 17.3 Å². The molecule has 0 fully saturated rings. The Labute approximate surface area is 222 Å². The summed E-state index contributed by atoms with van der Waals surface area (Å²) in [5, 5.41) is 9.34. The van der Waals surface area contributed by atoms with E-state index in [1.54, 1.807) is 55.5 Å². The summed E-state index contributed by atoms with van der Waals surface area (Å²) in [6.45, 7) is 7.28. The molecule has 202 valence electrons. The molecule has 38 heavy (non-hydrogen) atoms. The van der Waals surface area contributed by atoms with Gasteiger partial charge in [-0.25, -0.2) is 0 Å². The minimum absolute atomic E-state index is 0.128. The molecule has 0 aliphatic carbocycles. The lowest BCUT2D eigenvalue weighted by Gasteiger charge is -2.34. The summed E-state index contributed by atoms with van der Waals surface area (Å²) in [5.41, 5.74) is 0.347. The van der Waals surface area contributed by atoms with Crippen LogP contribution in [0.25, 0.3) is 0 Å². The van der Waals surface area contributed by atoms with Crippen molar-refractivity contribution in [1.29, 1.82) is 0 Å². The number of aromatic nitrogens is 1. The van der Waals surface area contributed by atoms with Crippen molar-refractivity contribution in [3.63, 3.8) is 0 Å². The van der Waals surface area contributed by atoms with E-state index in [1.165, 1.54) is 19.1 Å². The average molecular weight is 523 g/mol. The summed E-state index contributed by atoms with van der Waals surface area (Å²) in [7, 11) is 2.98. The number of hydrogen-bond donors (Lipinski definition) is 2. The second-order valence-corrected chi connectivity index (χ2v) is 9.69. The first-order valence-corrected chi connectivity index (χ1v) is 12.2. The molecule has 10 heteroatoms. The van der Waals surface area contributed by atoms with E-state index in [9.17, 15) is 14.4 Å². The second-order valence-electron chi connectivity index (χ2n) is 9.69. The van der Waals surface area contributed by atoms with Gasteiger partial charge in [-0.05, 0) is 45.9 Å². The number of para-hydroxylation sites is 2. The van der Waals surface area contributed by atoms with E-state index in [2.05, 4.69) is 15.8 Å². The van der Waals surface area contributed by atoms with Crippen LogP contribution in [0.3, 0.4) is 0 Å². The van der Waals surface area contributed by atoms with Crippen molar-refractivity contribution in [2.75, 3.05) is 24.4 Å². The first kappa shape index (κ1) is 28.2. The Kier molecular flexibility index (Phi) is 9.11. The number of benzene rings is 2. The van der Waals surface area contributed by atoms with Crippen molar-refractivity contribution in [3.05, 3.63) is 65.9 Å². The summed E-state index contributed by atoms with van der Waals surface area (Å²) >= 11 is 0. The zero-order valence-electron chi connectivity index (χ0n) is 22.5. The average Bonchev–Trinajstić information content (AvgIpc) is 3.28. The molecule has 3 amide bonds. The maximum atomic E-state index is 13.8. The lowest BCUT2D eigenvalue weighted by molar-refractivity contribution is -0.128. The molecule has 3 rings (SSSR count). The maximum Gasteiger partial charge on any atom is 0.248 e. The van der Waals surface area contributed by atoms with Gasteiger partial charge in [0.1, 0.15) is 11.8 Å². The standard InChI is InChI=1S/C28H34N4O6/c1-18-17-22(31-38-18)29-23(33)15-16-24(34)32(19-11-8-7-9-12-19)25(27(35)30-28(2,3)4)20-13-10-14-21(36-5)26(20)37-6/h7-14,17,25H,15-16H2,1-6H3,(H,30,35)(H,29,31,33)/t25-/m1/s1. The van der Waals surface area contributed by atoms with Crippen LogP contribution in [0.2, 0.25) is 0 Å². The number of anilines is 2.